The molecule has 2 aliphatic heterocycles. The van der Waals surface area contributed by atoms with Crippen LogP contribution in [0.4, 0.5) is 25.8 Å². The molecule has 1 aliphatic carbocycles. The summed E-state index contributed by atoms with van der Waals surface area (Å²) in [4.78, 5) is 94.4. The smallest absolute Gasteiger partial charge is 0.264 e. The van der Waals surface area contributed by atoms with Gasteiger partial charge >= 0.3 is 0 Å². The first-order valence-corrected chi connectivity index (χ1v) is 21.1. The number of fused-ring (bicyclic) bond motifs is 2. The maximum Gasteiger partial charge on any atom is 0.264 e. The van der Waals surface area contributed by atoms with Crippen molar-refractivity contribution in [1.29, 1.82) is 0 Å². The van der Waals surface area contributed by atoms with Gasteiger partial charge in [0.05, 0.1) is 40.5 Å². The standard InChI is InChI=1S/C47H44F2N8O7/c1-25(53-39(58)12-5-6-19-50-41(60)24-52-36-11-7-10-30-42(36)47(64)57(46(30)63)38-17-18-40(59)56-45(38)62)29-16-13-26(20-34(29)48)31-21-32-37(22-35(31)49)51-23-33(44(61)55-28-14-15-28)43(32)54-27-8-3-2-4-9-27/h2-4,7-11,13,16,20-23,25,28,38,52H,5-6,12,14-15,17-19,24H2,1H3,(H,50,60)(H,51,54)(H,53,58)(H,55,61)(H,56,59,62). The summed E-state index contributed by atoms with van der Waals surface area (Å²) in [5, 5.41) is 17.3. The number of amides is 7. The van der Waals surface area contributed by atoms with Gasteiger partial charge in [-0.05, 0) is 81.0 Å². The molecular weight excluding hydrogens is 827 g/mol. The van der Waals surface area contributed by atoms with Gasteiger partial charge in [-0.25, -0.2) is 8.78 Å². The van der Waals surface area contributed by atoms with Crippen molar-refractivity contribution in [3.63, 3.8) is 0 Å². The van der Waals surface area contributed by atoms with Gasteiger partial charge in [-0.1, -0.05) is 36.4 Å². The Bertz CT molecular complexity index is 2730. The minimum absolute atomic E-state index is 0.00744. The number of unbranched alkanes of at least 4 members (excludes halogenated alkanes) is 1. The predicted molar refractivity (Wildman–Crippen MR) is 232 cm³/mol. The molecule has 8 rings (SSSR count). The highest BCUT2D eigenvalue weighted by Gasteiger charge is 2.45. The van der Waals surface area contributed by atoms with Crippen LogP contribution in [0.2, 0.25) is 0 Å². The Morgan fingerprint density at radius 3 is 2.41 bits per heavy atom. The number of anilines is 3. The van der Waals surface area contributed by atoms with Gasteiger partial charge in [0, 0.05) is 65.6 Å². The van der Waals surface area contributed by atoms with Crippen molar-refractivity contribution in [2.24, 2.45) is 0 Å². The number of carbonyl (C=O) groups excluding carboxylic acids is 7. The van der Waals surface area contributed by atoms with E-state index in [0.29, 0.717) is 40.7 Å². The molecule has 0 spiro atoms. The molecule has 64 heavy (non-hydrogen) atoms. The molecule has 5 aromatic rings. The maximum absolute atomic E-state index is 15.7. The minimum atomic E-state index is -1.12. The fraction of sp³-hybridized carbons (Fsp3) is 0.277. The number of hydrogen-bond acceptors (Lipinski definition) is 10. The van der Waals surface area contributed by atoms with E-state index in [1.165, 1.54) is 30.5 Å². The second kappa shape index (κ2) is 18.4. The van der Waals surface area contributed by atoms with Gasteiger partial charge < -0.3 is 26.6 Å². The Kier molecular flexibility index (Phi) is 12.4. The number of rotatable bonds is 16. The zero-order valence-corrected chi connectivity index (χ0v) is 34.7. The van der Waals surface area contributed by atoms with Crippen LogP contribution in [-0.4, -0.2) is 76.4 Å². The van der Waals surface area contributed by atoms with Gasteiger partial charge in [0.2, 0.25) is 23.6 Å². The first-order chi connectivity index (χ1) is 30.9. The third kappa shape index (κ3) is 9.28. The van der Waals surface area contributed by atoms with Crippen molar-refractivity contribution in [3.05, 3.63) is 119 Å². The lowest BCUT2D eigenvalue weighted by Crippen LogP contribution is -2.54. The zero-order chi connectivity index (χ0) is 45.1. The number of nitrogens with one attached hydrogen (secondary N) is 6. The van der Waals surface area contributed by atoms with E-state index in [9.17, 15) is 33.6 Å². The highest BCUT2D eigenvalue weighted by molar-refractivity contribution is 6.25. The van der Waals surface area contributed by atoms with Crippen LogP contribution in [0.25, 0.3) is 22.0 Å². The van der Waals surface area contributed by atoms with Gasteiger partial charge in [-0.3, -0.25) is 48.8 Å². The molecule has 15 nitrogen and oxygen atoms in total. The summed E-state index contributed by atoms with van der Waals surface area (Å²) in [7, 11) is 0. The molecular formula is C47H44F2N8O7. The molecule has 2 unspecified atom stereocenters. The Labute approximate surface area is 365 Å². The number of pyridine rings is 1. The lowest BCUT2D eigenvalue weighted by atomic mass is 9.97. The number of halogens is 2. The molecule has 6 N–H and O–H groups in total. The molecule has 7 amide bonds. The van der Waals surface area contributed by atoms with Crippen molar-refractivity contribution < 1.29 is 42.3 Å². The normalized spacial score (nSPS) is 16.2. The molecule has 2 fully saturated rings. The highest BCUT2D eigenvalue weighted by atomic mass is 19.1. The summed E-state index contributed by atoms with van der Waals surface area (Å²) in [5.74, 6) is -4.87. The van der Waals surface area contributed by atoms with Crippen molar-refractivity contribution in [2.45, 2.75) is 70.0 Å². The quantitative estimate of drug-likeness (QED) is 0.0520. The Hall–Kier alpha value is -7.56. The number of para-hydroxylation sites is 1. The van der Waals surface area contributed by atoms with Gasteiger partial charge in [-0.2, -0.15) is 0 Å². The molecule has 0 radical (unpaired) electrons. The minimum Gasteiger partial charge on any atom is -0.375 e. The molecule has 3 heterocycles. The van der Waals surface area contributed by atoms with Crippen molar-refractivity contribution in [3.8, 4) is 11.1 Å². The van der Waals surface area contributed by atoms with Crippen molar-refractivity contribution >= 4 is 69.3 Å². The van der Waals surface area contributed by atoms with Crippen LogP contribution in [0, 0.1) is 11.6 Å². The third-order valence-corrected chi connectivity index (χ3v) is 11.4. The average Bonchev–Trinajstić information content (AvgIpc) is 4.05. The molecule has 0 bridgehead atoms. The second-order valence-electron chi connectivity index (χ2n) is 16.0. The summed E-state index contributed by atoms with van der Waals surface area (Å²) < 4.78 is 31.4. The SMILES string of the molecule is CC(NC(=O)CCCCNC(=O)CNc1cccc2c1C(=O)N(C1CCC(=O)NC1=O)C2=O)c1ccc(-c2cc3c(Nc4ccccc4)c(C(=O)NC4CC4)cnc3cc2F)cc1F. The van der Waals surface area contributed by atoms with Crippen LogP contribution < -0.4 is 31.9 Å². The highest BCUT2D eigenvalue weighted by Crippen LogP contribution is 2.36. The number of hydrogen-bond donors (Lipinski definition) is 6. The number of benzene rings is 4. The first-order valence-electron chi connectivity index (χ1n) is 21.1. The van der Waals surface area contributed by atoms with Crippen molar-refractivity contribution in [2.75, 3.05) is 23.7 Å². The molecule has 17 heteroatoms. The monoisotopic (exact) mass is 870 g/mol. The van der Waals surface area contributed by atoms with E-state index < -0.39 is 53.3 Å². The molecule has 2 atom stereocenters. The van der Waals surface area contributed by atoms with E-state index in [4.69, 9.17) is 0 Å². The Morgan fingerprint density at radius 2 is 1.66 bits per heavy atom. The van der Waals surface area contributed by atoms with Crippen LogP contribution in [0.5, 0.6) is 0 Å². The molecule has 1 aromatic heterocycles. The van der Waals surface area contributed by atoms with Crippen LogP contribution in [-0.2, 0) is 19.2 Å². The van der Waals surface area contributed by atoms with Crippen LogP contribution in [0.1, 0.15) is 94.5 Å². The fourth-order valence-corrected chi connectivity index (χ4v) is 7.87. The van der Waals surface area contributed by atoms with E-state index in [0.717, 1.165) is 17.7 Å². The third-order valence-electron chi connectivity index (χ3n) is 11.4. The number of aromatic nitrogens is 1. The van der Waals surface area contributed by atoms with E-state index >= 15 is 8.78 Å². The number of piperidine rings is 1. The number of carbonyl (C=O) groups is 7. The van der Waals surface area contributed by atoms with Crippen molar-refractivity contribution in [1.82, 2.24) is 31.2 Å². The second-order valence-corrected chi connectivity index (χ2v) is 16.0. The Balaban J connectivity index is 0.833. The van der Waals surface area contributed by atoms with Crippen LogP contribution in [0.3, 0.4) is 0 Å². The lowest BCUT2D eigenvalue weighted by Gasteiger charge is -2.27. The van der Waals surface area contributed by atoms with Crippen LogP contribution in [0.15, 0.2) is 85.1 Å². The number of imide groups is 2. The Morgan fingerprint density at radius 1 is 0.859 bits per heavy atom. The first kappa shape index (κ1) is 43.1. The van der Waals surface area contributed by atoms with E-state index in [2.05, 4.69) is 36.9 Å². The summed E-state index contributed by atoms with van der Waals surface area (Å²) in [6, 6.07) is 19.1. The maximum atomic E-state index is 15.7. The molecule has 4 aromatic carbocycles. The molecule has 3 aliphatic rings. The largest absolute Gasteiger partial charge is 0.375 e. The summed E-state index contributed by atoms with van der Waals surface area (Å²) >= 11 is 0. The van der Waals surface area contributed by atoms with Gasteiger partial charge in [0.25, 0.3) is 17.7 Å². The number of nitrogens with zero attached hydrogens (tertiary/aromatic N) is 2. The van der Waals surface area contributed by atoms with Gasteiger partial charge in [0.1, 0.15) is 17.7 Å². The van der Waals surface area contributed by atoms with E-state index in [1.54, 1.807) is 31.2 Å². The summed E-state index contributed by atoms with van der Waals surface area (Å²) in [5.41, 5.74) is 2.66. The average molecular weight is 871 g/mol. The summed E-state index contributed by atoms with van der Waals surface area (Å²) in [6.45, 7) is 1.66. The van der Waals surface area contributed by atoms with E-state index in [-0.39, 0.29) is 83.7 Å². The molecule has 328 valence electrons. The van der Waals surface area contributed by atoms with Gasteiger partial charge in [0.15, 0.2) is 0 Å². The topological polar surface area (TPSA) is 208 Å². The van der Waals surface area contributed by atoms with Gasteiger partial charge in [-0.15, -0.1) is 0 Å². The van der Waals surface area contributed by atoms with E-state index in [1.807, 2.05) is 30.3 Å². The van der Waals surface area contributed by atoms with Crippen LogP contribution >= 0.6 is 0 Å². The fourth-order valence-electron chi connectivity index (χ4n) is 7.87. The summed E-state index contributed by atoms with van der Waals surface area (Å²) in [6.07, 6.45) is 4.18. The zero-order valence-electron chi connectivity index (χ0n) is 34.7. The molecule has 1 saturated heterocycles. The predicted octanol–water partition coefficient (Wildman–Crippen LogP) is 5.79. The molecule has 1 saturated carbocycles. The lowest BCUT2D eigenvalue weighted by molar-refractivity contribution is -0.136.